The average molecular weight is 274 g/mol. The molecule has 0 heterocycles. The van der Waals surface area contributed by atoms with E-state index in [2.05, 4.69) is 0 Å². The lowest BCUT2D eigenvalue weighted by Crippen LogP contribution is -2.32. The second kappa shape index (κ2) is 8.06. The molecule has 0 aromatic carbocycles. The van der Waals surface area contributed by atoms with E-state index >= 15 is 0 Å². The second-order valence-corrected chi connectivity index (χ2v) is 8.31. The standard InChI is InChI=1S/C5H13BO2P.C5H10BO2.CH4/c1-5(2,3)6-9(4,7)8;1-5(2,3)6-4(7)8;/h1-4H3,(H,7,8);1-3H3,(H,7,8);1H4/p-2. The van der Waals surface area contributed by atoms with Crippen molar-refractivity contribution < 1.29 is 19.4 Å². The van der Waals surface area contributed by atoms with Crippen LogP contribution in [0.1, 0.15) is 49.0 Å². The molecule has 106 valence electrons. The van der Waals surface area contributed by atoms with Crippen LogP contribution in [-0.2, 0) is 4.57 Å². The van der Waals surface area contributed by atoms with Crippen molar-refractivity contribution in [3.05, 3.63) is 0 Å². The molecule has 0 aliphatic rings. The highest BCUT2D eigenvalue weighted by Gasteiger charge is 2.17. The van der Waals surface area contributed by atoms with Crippen LogP contribution in [0.4, 0.5) is 4.79 Å². The predicted molar refractivity (Wildman–Crippen MR) is 76.6 cm³/mol. The van der Waals surface area contributed by atoms with E-state index in [-0.39, 0.29) is 18.1 Å². The molecule has 0 aromatic rings. The van der Waals surface area contributed by atoms with Crippen LogP contribution < -0.4 is 10.00 Å². The molecule has 4 nitrogen and oxygen atoms in total. The number of hydrogen-bond acceptors (Lipinski definition) is 4. The minimum Gasteiger partial charge on any atom is -0.807 e. The molecular formula is C11H25B2O4P-2. The fraction of sp³-hybridized carbons (Fsp3) is 0.909. The Morgan fingerprint density at radius 2 is 1.39 bits per heavy atom. The van der Waals surface area contributed by atoms with Gasteiger partial charge in [-0.15, -0.1) is 0 Å². The van der Waals surface area contributed by atoms with E-state index in [0.29, 0.717) is 0 Å². The topological polar surface area (TPSA) is 80.3 Å². The predicted octanol–water partition coefficient (Wildman–Crippen LogP) is 1.98. The minimum absolute atomic E-state index is 0. The van der Waals surface area contributed by atoms with Crippen LogP contribution in [0.2, 0.25) is 10.6 Å². The van der Waals surface area contributed by atoms with Gasteiger partial charge in [-0.1, -0.05) is 59.6 Å². The Balaban J connectivity index is -0.000000238. The summed E-state index contributed by atoms with van der Waals surface area (Å²) in [7, 11) is -2.00. The van der Waals surface area contributed by atoms with Gasteiger partial charge in [0, 0.05) is 0 Å². The van der Waals surface area contributed by atoms with E-state index in [1.165, 1.54) is 13.7 Å². The van der Waals surface area contributed by atoms with Gasteiger partial charge in [0.2, 0.25) is 0 Å². The number of carboxylic acid groups (broad SMARTS) is 1. The molecule has 0 aliphatic carbocycles. The zero-order valence-electron chi connectivity index (χ0n) is 11.7. The molecule has 0 amide bonds. The number of rotatable bonds is 2. The van der Waals surface area contributed by atoms with Crippen molar-refractivity contribution in [3.63, 3.8) is 0 Å². The molecule has 7 heteroatoms. The van der Waals surface area contributed by atoms with E-state index in [9.17, 15) is 19.4 Å². The third-order valence-corrected chi connectivity index (χ3v) is 2.42. The third kappa shape index (κ3) is 29.7. The van der Waals surface area contributed by atoms with Crippen molar-refractivity contribution in [3.8, 4) is 0 Å². The zero-order chi connectivity index (χ0) is 14.5. The van der Waals surface area contributed by atoms with Gasteiger partial charge < -0.3 is 19.4 Å². The summed E-state index contributed by atoms with van der Waals surface area (Å²) in [5, 5.41) is 9.37. The molecule has 1 atom stereocenters. The van der Waals surface area contributed by atoms with Crippen molar-refractivity contribution >= 4 is 27.4 Å². The van der Waals surface area contributed by atoms with E-state index in [0.717, 1.165) is 7.28 Å². The Morgan fingerprint density at radius 3 is 1.39 bits per heavy atom. The van der Waals surface area contributed by atoms with E-state index in [1.54, 1.807) is 0 Å². The Labute approximate surface area is 113 Å². The number of carbonyl (C=O) groups is 1. The highest BCUT2D eigenvalue weighted by Crippen LogP contribution is 2.38. The lowest BCUT2D eigenvalue weighted by Gasteiger charge is -2.25. The zero-order valence-corrected chi connectivity index (χ0v) is 12.6. The summed E-state index contributed by atoms with van der Waals surface area (Å²) < 4.78 is 10.6. The third-order valence-electron chi connectivity index (χ3n) is 1.17. The second-order valence-electron chi connectivity index (χ2n) is 6.23. The fourth-order valence-corrected chi connectivity index (χ4v) is 2.46. The SMILES string of the molecule is C.CC(C)(C)[B]C(=O)[O-].CC(C)(C)[B]P(C)(=O)[O-]. The molecule has 2 radical (unpaired) electrons. The first-order valence-corrected chi connectivity index (χ1v) is 7.49. The van der Waals surface area contributed by atoms with Gasteiger partial charge in [-0.05, 0) is 19.8 Å². The van der Waals surface area contributed by atoms with Crippen LogP contribution in [0.15, 0.2) is 0 Å². The summed E-state index contributed by atoms with van der Waals surface area (Å²) in [6.45, 7) is 13.6. The maximum Gasteiger partial charge on any atom is 0.184 e. The van der Waals surface area contributed by atoms with Crippen LogP contribution in [0, 0.1) is 0 Å². The van der Waals surface area contributed by atoms with Crippen LogP contribution >= 0.6 is 7.25 Å². The van der Waals surface area contributed by atoms with Crippen molar-refractivity contribution in [2.75, 3.05) is 6.66 Å². The highest BCUT2D eigenvalue weighted by molar-refractivity contribution is 7.85. The first-order valence-electron chi connectivity index (χ1n) is 5.34. The molecule has 0 aromatic heterocycles. The molecule has 0 fully saturated rings. The number of hydrogen-bond donors (Lipinski definition) is 0. The fourth-order valence-electron chi connectivity index (χ4n) is 1.06. The molecule has 18 heavy (non-hydrogen) atoms. The molecule has 0 bridgehead atoms. The first kappa shape index (κ1) is 22.9. The van der Waals surface area contributed by atoms with Crippen molar-refractivity contribution in [1.82, 2.24) is 0 Å². The summed E-state index contributed by atoms with van der Waals surface area (Å²) in [4.78, 5) is 20.5. The van der Waals surface area contributed by atoms with Gasteiger partial charge in [0.15, 0.2) is 14.3 Å². The van der Waals surface area contributed by atoms with Gasteiger partial charge in [0.25, 0.3) is 0 Å². The molecular weight excluding hydrogens is 249 g/mol. The van der Waals surface area contributed by atoms with Gasteiger partial charge in [0.1, 0.15) is 0 Å². The van der Waals surface area contributed by atoms with E-state index in [1.807, 2.05) is 41.5 Å². The summed E-state index contributed by atoms with van der Waals surface area (Å²) in [6.07, 6.45) is 0. The molecule has 0 saturated heterocycles. The summed E-state index contributed by atoms with van der Waals surface area (Å²) in [5.74, 6) is -1.10. The molecule has 0 saturated carbocycles. The van der Waals surface area contributed by atoms with Crippen LogP contribution in [-0.4, -0.2) is 26.8 Å². The maximum absolute atomic E-state index is 10.6. The van der Waals surface area contributed by atoms with Gasteiger partial charge in [-0.25, -0.2) is 0 Å². The van der Waals surface area contributed by atoms with Crippen molar-refractivity contribution in [1.29, 1.82) is 0 Å². The maximum atomic E-state index is 10.6. The Morgan fingerprint density at radius 1 is 1.06 bits per heavy atom. The van der Waals surface area contributed by atoms with Crippen molar-refractivity contribution in [2.24, 2.45) is 0 Å². The highest BCUT2D eigenvalue weighted by atomic mass is 31.2. The lowest BCUT2D eigenvalue weighted by atomic mass is 9.55. The summed E-state index contributed by atoms with van der Waals surface area (Å²) in [5.41, 5.74) is 0. The number of carbonyl (C=O) groups excluding carboxylic acids is 1. The van der Waals surface area contributed by atoms with Crippen LogP contribution in [0.5, 0.6) is 0 Å². The molecule has 0 spiro atoms. The Bertz CT molecular complexity index is 286. The summed E-state index contributed by atoms with van der Waals surface area (Å²) in [6, 6.07) is 0. The molecule has 0 N–H and O–H groups in total. The van der Waals surface area contributed by atoms with E-state index in [4.69, 9.17) is 0 Å². The van der Waals surface area contributed by atoms with Crippen molar-refractivity contribution in [2.45, 2.75) is 59.6 Å². The van der Waals surface area contributed by atoms with Crippen LogP contribution in [0.3, 0.4) is 0 Å². The smallest absolute Gasteiger partial charge is 0.184 e. The normalized spacial score (nSPS) is 14.2. The van der Waals surface area contributed by atoms with Crippen LogP contribution in [0.25, 0.3) is 0 Å². The Kier molecular flexibility index (Phi) is 10.3. The summed E-state index contributed by atoms with van der Waals surface area (Å²) >= 11 is 0. The van der Waals surface area contributed by atoms with E-state index < -0.39 is 13.1 Å². The largest absolute Gasteiger partial charge is 0.807 e. The minimum atomic E-state index is -3.16. The molecule has 0 aliphatic heterocycles. The van der Waals surface area contributed by atoms with Gasteiger partial charge in [0.05, 0.1) is 0 Å². The first-order chi connectivity index (χ1) is 7.12. The van der Waals surface area contributed by atoms with Gasteiger partial charge in [-0.3, -0.25) is 0 Å². The lowest BCUT2D eigenvalue weighted by molar-refractivity contribution is -0.234. The quantitative estimate of drug-likeness (QED) is 0.569. The Hall–Kier alpha value is -0.210. The van der Waals surface area contributed by atoms with Gasteiger partial charge in [-0.2, -0.15) is 0 Å². The van der Waals surface area contributed by atoms with Gasteiger partial charge >= 0.3 is 0 Å². The molecule has 0 rings (SSSR count). The average Bonchev–Trinajstić information content (AvgIpc) is 1.68. The molecule has 1 unspecified atom stereocenters. The monoisotopic (exact) mass is 274 g/mol.